The Kier molecular flexibility index (Phi) is 6.33. The number of rotatable bonds is 6. The van der Waals surface area contributed by atoms with Crippen LogP contribution < -0.4 is 18.9 Å². The number of aryl methyl sites for hydroxylation is 1. The molecule has 0 radical (unpaired) electrons. The Morgan fingerprint density at radius 1 is 0.871 bits per heavy atom. The van der Waals surface area contributed by atoms with Crippen molar-refractivity contribution in [2.24, 2.45) is 0 Å². The third kappa shape index (κ3) is 4.62. The molecule has 1 aliphatic heterocycles. The summed E-state index contributed by atoms with van der Waals surface area (Å²) in [4.78, 5) is 2.40. The van der Waals surface area contributed by atoms with Gasteiger partial charge in [0.2, 0.25) is 0 Å². The first-order valence-electron chi connectivity index (χ1n) is 10.4. The molecule has 0 aromatic heterocycles. The molecule has 3 aromatic rings. The molecule has 0 amide bonds. The van der Waals surface area contributed by atoms with Crippen LogP contribution in [0.15, 0.2) is 54.6 Å². The normalized spacial score (nSPS) is 13.7. The lowest BCUT2D eigenvalue weighted by atomic mass is 10.0. The van der Waals surface area contributed by atoms with Gasteiger partial charge >= 0.3 is 0 Å². The fourth-order valence-electron chi connectivity index (χ4n) is 4.09. The summed E-state index contributed by atoms with van der Waals surface area (Å²) < 4.78 is 22.6. The Morgan fingerprint density at radius 3 is 2.45 bits per heavy atom. The average molecular weight is 420 g/mol. The highest BCUT2D eigenvalue weighted by molar-refractivity contribution is 5.70. The SMILES string of the molecule is COc1cccc(-c2cc3c(c(OC)c2)OCCN(Cc2ccc(OC)c(C)c2)C3)c1. The van der Waals surface area contributed by atoms with Crippen LogP contribution in [0.4, 0.5) is 0 Å². The number of hydrogen-bond acceptors (Lipinski definition) is 5. The Morgan fingerprint density at radius 2 is 1.71 bits per heavy atom. The summed E-state index contributed by atoms with van der Waals surface area (Å²) in [6.45, 7) is 5.18. The summed E-state index contributed by atoms with van der Waals surface area (Å²) >= 11 is 0. The first-order chi connectivity index (χ1) is 15.1. The van der Waals surface area contributed by atoms with Gasteiger partial charge in [-0.1, -0.05) is 24.3 Å². The van der Waals surface area contributed by atoms with E-state index in [0.29, 0.717) is 6.61 Å². The zero-order chi connectivity index (χ0) is 21.8. The molecule has 162 valence electrons. The van der Waals surface area contributed by atoms with Gasteiger partial charge in [-0.25, -0.2) is 0 Å². The second kappa shape index (κ2) is 9.31. The summed E-state index contributed by atoms with van der Waals surface area (Å²) in [5, 5.41) is 0. The molecule has 0 atom stereocenters. The van der Waals surface area contributed by atoms with Crippen LogP contribution in [0, 0.1) is 6.92 Å². The smallest absolute Gasteiger partial charge is 0.165 e. The lowest BCUT2D eigenvalue weighted by Gasteiger charge is -2.20. The number of methoxy groups -OCH3 is 3. The zero-order valence-electron chi connectivity index (χ0n) is 18.6. The number of fused-ring (bicyclic) bond motifs is 1. The van der Waals surface area contributed by atoms with E-state index in [2.05, 4.69) is 36.1 Å². The Hall–Kier alpha value is -3.18. The van der Waals surface area contributed by atoms with Crippen LogP contribution in [0.5, 0.6) is 23.0 Å². The van der Waals surface area contributed by atoms with Gasteiger partial charge in [0.1, 0.15) is 18.1 Å². The topological polar surface area (TPSA) is 40.2 Å². The third-order valence-electron chi connectivity index (χ3n) is 5.67. The van der Waals surface area contributed by atoms with Crippen LogP contribution >= 0.6 is 0 Å². The second-order valence-electron chi connectivity index (χ2n) is 7.76. The van der Waals surface area contributed by atoms with Crippen LogP contribution in [0.25, 0.3) is 11.1 Å². The maximum Gasteiger partial charge on any atom is 0.165 e. The molecule has 31 heavy (non-hydrogen) atoms. The fraction of sp³-hybridized carbons (Fsp3) is 0.308. The van der Waals surface area contributed by atoms with Gasteiger partial charge in [0.15, 0.2) is 11.5 Å². The summed E-state index contributed by atoms with van der Waals surface area (Å²) in [7, 11) is 5.08. The van der Waals surface area contributed by atoms with Crippen LogP contribution in [0.2, 0.25) is 0 Å². The average Bonchev–Trinajstić information content (AvgIpc) is 3.00. The van der Waals surface area contributed by atoms with Crippen LogP contribution in [0.3, 0.4) is 0 Å². The molecular formula is C26H29NO4. The Labute approximate surface area is 184 Å². The largest absolute Gasteiger partial charge is 0.497 e. The first kappa shape index (κ1) is 21.1. The third-order valence-corrected chi connectivity index (χ3v) is 5.67. The van der Waals surface area contributed by atoms with Crippen molar-refractivity contribution >= 4 is 0 Å². The maximum atomic E-state index is 6.12. The monoisotopic (exact) mass is 419 g/mol. The lowest BCUT2D eigenvalue weighted by Crippen LogP contribution is -2.25. The summed E-state index contributed by atoms with van der Waals surface area (Å²) in [5.41, 5.74) is 5.70. The highest BCUT2D eigenvalue weighted by Gasteiger charge is 2.21. The first-order valence-corrected chi connectivity index (χ1v) is 10.4. The van der Waals surface area contributed by atoms with Gasteiger partial charge in [-0.15, -0.1) is 0 Å². The van der Waals surface area contributed by atoms with E-state index < -0.39 is 0 Å². The minimum Gasteiger partial charge on any atom is -0.497 e. The minimum atomic E-state index is 0.622. The number of hydrogen-bond donors (Lipinski definition) is 0. The van der Waals surface area contributed by atoms with Gasteiger partial charge in [-0.3, -0.25) is 4.90 Å². The molecule has 4 rings (SSSR count). The van der Waals surface area contributed by atoms with Crippen molar-refractivity contribution in [2.75, 3.05) is 34.5 Å². The molecule has 0 N–H and O–H groups in total. The standard InChI is InChI=1S/C26H29NO4/c1-18-12-19(8-9-24(18)29-3)16-27-10-11-31-26-22(17-27)13-21(15-25(26)30-4)20-6-5-7-23(14-20)28-2/h5-9,12-15H,10-11,16-17H2,1-4H3. The van der Waals surface area contributed by atoms with E-state index in [9.17, 15) is 0 Å². The molecule has 0 fully saturated rings. The molecule has 5 heteroatoms. The van der Waals surface area contributed by atoms with Crippen molar-refractivity contribution in [1.82, 2.24) is 4.90 Å². The van der Waals surface area contributed by atoms with E-state index in [1.54, 1.807) is 21.3 Å². The van der Waals surface area contributed by atoms with Gasteiger partial charge in [-0.2, -0.15) is 0 Å². The van der Waals surface area contributed by atoms with E-state index in [1.807, 2.05) is 30.3 Å². The van der Waals surface area contributed by atoms with E-state index in [4.69, 9.17) is 18.9 Å². The second-order valence-corrected chi connectivity index (χ2v) is 7.76. The van der Waals surface area contributed by atoms with E-state index in [-0.39, 0.29) is 0 Å². The molecule has 0 saturated carbocycles. The van der Waals surface area contributed by atoms with Crippen molar-refractivity contribution in [3.05, 3.63) is 71.3 Å². The Bertz CT molecular complexity index is 1060. The maximum absolute atomic E-state index is 6.12. The summed E-state index contributed by atoms with van der Waals surface area (Å²) in [6, 6.07) is 18.7. The van der Waals surface area contributed by atoms with Crippen LogP contribution in [-0.4, -0.2) is 39.4 Å². The predicted molar refractivity (Wildman–Crippen MR) is 122 cm³/mol. The predicted octanol–water partition coefficient (Wildman–Crippen LogP) is 5.08. The molecule has 5 nitrogen and oxygen atoms in total. The molecular weight excluding hydrogens is 390 g/mol. The van der Waals surface area contributed by atoms with Gasteiger partial charge in [0.25, 0.3) is 0 Å². The van der Waals surface area contributed by atoms with Gasteiger partial charge in [0.05, 0.1) is 21.3 Å². The summed E-state index contributed by atoms with van der Waals surface area (Å²) in [5.74, 6) is 3.35. The van der Waals surface area contributed by atoms with Crippen LogP contribution in [0.1, 0.15) is 16.7 Å². The molecule has 0 unspecified atom stereocenters. The van der Waals surface area contributed by atoms with Crippen molar-refractivity contribution < 1.29 is 18.9 Å². The molecule has 0 bridgehead atoms. The molecule has 0 saturated heterocycles. The molecule has 0 aliphatic carbocycles. The lowest BCUT2D eigenvalue weighted by molar-refractivity contribution is 0.217. The number of ether oxygens (including phenoxy) is 4. The van der Waals surface area contributed by atoms with Crippen LogP contribution in [-0.2, 0) is 13.1 Å². The Balaban J connectivity index is 1.64. The minimum absolute atomic E-state index is 0.622. The summed E-state index contributed by atoms with van der Waals surface area (Å²) in [6.07, 6.45) is 0. The number of nitrogens with zero attached hydrogens (tertiary/aromatic N) is 1. The zero-order valence-corrected chi connectivity index (χ0v) is 18.6. The fourth-order valence-corrected chi connectivity index (χ4v) is 4.09. The van der Waals surface area contributed by atoms with Crippen molar-refractivity contribution in [3.8, 4) is 34.1 Å². The molecule has 1 aliphatic rings. The van der Waals surface area contributed by atoms with E-state index >= 15 is 0 Å². The molecule has 1 heterocycles. The number of benzene rings is 3. The van der Waals surface area contributed by atoms with Crippen molar-refractivity contribution in [1.29, 1.82) is 0 Å². The van der Waals surface area contributed by atoms with Gasteiger partial charge < -0.3 is 18.9 Å². The van der Waals surface area contributed by atoms with Gasteiger partial charge in [-0.05, 0) is 59.5 Å². The molecule has 0 spiro atoms. The molecule has 3 aromatic carbocycles. The van der Waals surface area contributed by atoms with Gasteiger partial charge in [0, 0.05) is 25.2 Å². The van der Waals surface area contributed by atoms with Crippen molar-refractivity contribution in [2.45, 2.75) is 20.0 Å². The highest BCUT2D eigenvalue weighted by atomic mass is 16.5. The van der Waals surface area contributed by atoms with Crippen molar-refractivity contribution in [3.63, 3.8) is 0 Å². The highest BCUT2D eigenvalue weighted by Crippen LogP contribution is 2.39. The van der Waals surface area contributed by atoms with E-state index in [1.165, 1.54) is 5.56 Å². The quantitative estimate of drug-likeness (QED) is 0.557. The van der Waals surface area contributed by atoms with E-state index in [0.717, 1.165) is 64.9 Å².